The van der Waals surface area contributed by atoms with E-state index in [1.807, 2.05) is 17.5 Å². The summed E-state index contributed by atoms with van der Waals surface area (Å²) in [6.45, 7) is 1.88. The molecule has 0 saturated heterocycles. The minimum atomic E-state index is -0.899. The highest BCUT2D eigenvalue weighted by Crippen LogP contribution is 2.49. The molecule has 1 heterocycles. The monoisotopic (exact) mass is 240 g/mol. The smallest absolute Gasteiger partial charge is 0.434 e. The van der Waals surface area contributed by atoms with Crippen LogP contribution in [0.1, 0.15) is 24.1 Å². The zero-order valence-corrected chi connectivity index (χ0v) is 9.66. The van der Waals surface area contributed by atoms with Gasteiger partial charge in [-0.25, -0.2) is 4.79 Å². The molecular weight excluding hydrogens is 228 g/mol. The minimum Gasteiger partial charge on any atom is -0.434 e. The van der Waals surface area contributed by atoms with E-state index >= 15 is 0 Å². The quantitative estimate of drug-likeness (QED) is 0.602. The van der Waals surface area contributed by atoms with Crippen LogP contribution in [0.4, 0.5) is 4.79 Å². The first-order valence-corrected chi connectivity index (χ1v) is 6.02. The van der Waals surface area contributed by atoms with Gasteiger partial charge in [-0.3, -0.25) is 4.79 Å². The third-order valence-electron chi connectivity index (χ3n) is 2.45. The SMILES string of the molecule is CCOC(=O)OC(=O)[C@H]1C[C@@H]1c1cccs1. The van der Waals surface area contributed by atoms with Gasteiger partial charge in [-0.15, -0.1) is 11.3 Å². The second-order valence-corrected chi connectivity index (χ2v) is 4.55. The molecular formula is C11H12O4S. The van der Waals surface area contributed by atoms with Crippen molar-refractivity contribution in [3.63, 3.8) is 0 Å². The number of esters is 1. The van der Waals surface area contributed by atoms with Crippen LogP contribution in [0.2, 0.25) is 0 Å². The average molecular weight is 240 g/mol. The van der Waals surface area contributed by atoms with Crippen LogP contribution in [0.3, 0.4) is 0 Å². The fourth-order valence-corrected chi connectivity index (χ4v) is 2.48. The Morgan fingerprint density at radius 2 is 2.38 bits per heavy atom. The third-order valence-corrected chi connectivity index (χ3v) is 3.45. The molecule has 2 atom stereocenters. The molecule has 86 valence electrons. The fraction of sp³-hybridized carbons (Fsp3) is 0.455. The molecule has 0 bridgehead atoms. The van der Waals surface area contributed by atoms with Crippen LogP contribution in [-0.4, -0.2) is 18.7 Å². The van der Waals surface area contributed by atoms with Gasteiger partial charge in [0.2, 0.25) is 0 Å². The number of rotatable bonds is 3. The molecule has 2 rings (SSSR count). The van der Waals surface area contributed by atoms with Crippen LogP contribution < -0.4 is 0 Å². The lowest BCUT2D eigenvalue weighted by atomic mass is 10.3. The van der Waals surface area contributed by atoms with Crippen molar-refractivity contribution in [2.45, 2.75) is 19.3 Å². The molecule has 16 heavy (non-hydrogen) atoms. The van der Waals surface area contributed by atoms with E-state index in [0.29, 0.717) is 0 Å². The largest absolute Gasteiger partial charge is 0.516 e. The Labute approximate surface area is 97.2 Å². The first-order chi connectivity index (χ1) is 7.72. The maximum absolute atomic E-state index is 11.5. The molecule has 1 aliphatic carbocycles. The van der Waals surface area contributed by atoms with Crippen LogP contribution in [0.5, 0.6) is 0 Å². The van der Waals surface area contributed by atoms with E-state index in [4.69, 9.17) is 0 Å². The number of thiophene rings is 1. The lowest BCUT2D eigenvalue weighted by Crippen LogP contribution is -2.15. The van der Waals surface area contributed by atoms with E-state index < -0.39 is 12.1 Å². The first-order valence-electron chi connectivity index (χ1n) is 5.14. The number of carbonyl (C=O) groups excluding carboxylic acids is 2. The Morgan fingerprint density at radius 1 is 1.56 bits per heavy atom. The van der Waals surface area contributed by atoms with Gasteiger partial charge in [-0.05, 0) is 24.8 Å². The van der Waals surface area contributed by atoms with E-state index in [1.165, 1.54) is 4.88 Å². The predicted octanol–water partition coefficient (Wildman–Crippen LogP) is 2.55. The number of ether oxygens (including phenoxy) is 2. The summed E-state index contributed by atoms with van der Waals surface area (Å²) in [5.41, 5.74) is 0. The maximum atomic E-state index is 11.5. The van der Waals surface area contributed by atoms with Crippen molar-refractivity contribution in [2.24, 2.45) is 5.92 Å². The van der Waals surface area contributed by atoms with Crippen molar-refractivity contribution >= 4 is 23.5 Å². The summed E-state index contributed by atoms with van der Waals surface area (Å²) in [5, 5.41) is 1.97. The Hall–Kier alpha value is -1.36. The highest BCUT2D eigenvalue weighted by atomic mass is 32.1. The standard InChI is InChI=1S/C11H12O4S/c1-2-14-11(13)15-10(12)8-6-7(8)9-4-3-5-16-9/h3-5,7-8H,2,6H2,1H3/t7-,8-/m0/s1. The summed E-state index contributed by atoms with van der Waals surface area (Å²) < 4.78 is 9.08. The fourth-order valence-electron chi connectivity index (χ4n) is 1.58. The summed E-state index contributed by atoms with van der Waals surface area (Å²) >= 11 is 1.62. The van der Waals surface area contributed by atoms with Gasteiger partial charge in [-0.2, -0.15) is 0 Å². The number of carbonyl (C=O) groups is 2. The Balaban J connectivity index is 1.83. The minimum absolute atomic E-state index is 0.178. The van der Waals surface area contributed by atoms with Crippen LogP contribution in [0.25, 0.3) is 0 Å². The third kappa shape index (κ3) is 2.41. The zero-order chi connectivity index (χ0) is 11.5. The number of hydrogen-bond donors (Lipinski definition) is 0. The molecule has 0 aliphatic heterocycles. The second-order valence-electron chi connectivity index (χ2n) is 3.57. The lowest BCUT2D eigenvalue weighted by molar-refractivity contribution is -0.141. The van der Waals surface area contributed by atoms with Gasteiger partial charge >= 0.3 is 12.1 Å². The van der Waals surface area contributed by atoms with Crippen molar-refractivity contribution in [1.29, 1.82) is 0 Å². The van der Waals surface area contributed by atoms with Gasteiger partial charge in [-0.1, -0.05) is 6.07 Å². The summed E-state index contributed by atoms with van der Waals surface area (Å²) in [5.74, 6) is -0.429. The first kappa shape index (κ1) is 11.1. The molecule has 1 aromatic rings. The molecule has 1 fully saturated rings. The number of hydrogen-bond acceptors (Lipinski definition) is 5. The van der Waals surface area contributed by atoms with E-state index in [2.05, 4.69) is 9.47 Å². The van der Waals surface area contributed by atoms with Crippen molar-refractivity contribution in [3.05, 3.63) is 22.4 Å². The highest BCUT2D eigenvalue weighted by Gasteiger charge is 2.46. The maximum Gasteiger partial charge on any atom is 0.516 e. The summed E-state index contributed by atoms with van der Waals surface area (Å²) in [7, 11) is 0. The van der Waals surface area contributed by atoms with E-state index in [-0.39, 0.29) is 18.4 Å². The summed E-state index contributed by atoms with van der Waals surface area (Å²) in [4.78, 5) is 23.6. The van der Waals surface area contributed by atoms with Crippen LogP contribution in [0.15, 0.2) is 17.5 Å². The molecule has 0 unspecified atom stereocenters. The van der Waals surface area contributed by atoms with Crippen molar-refractivity contribution in [2.75, 3.05) is 6.61 Å². The topological polar surface area (TPSA) is 52.6 Å². The van der Waals surface area contributed by atoms with E-state index in [1.54, 1.807) is 18.3 Å². The van der Waals surface area contributed by atoms with Gasteiger partial charge in [0.05, 0.1) is 12.5 Å². The normalized spacial score (nSPS) is 22.6. The van der Waals surface area contributed by atoms with Gasteiger partial charge in [0, 0.05) is 10.8 Å². The van der Waals surface area contributed by atoms with Crippen LogP contribution in [-0.2, 0) is 14.3 Å². The summed E-state index contributed by atoms with van der Waals surface area (Å²) in [6, 6.07) is 3.94. The summed E-state index contributed by atoms with van der Waals surface area (Å²) in [6.07, 6.45) is -0.136. The van der Waals surface area contributed by atoms with Crippen molar-refractivity contribution in [3.8, 4) is 0 Å². The van der Waals surface area contributed by atoms with Crippen LogP contribution in [0, 0.1) is 5.92 Å². The van der Waals surface area contributed by atoms with Gasteiger partial charge in [0.1, 0.15) is 0 Å². The van der Waals surface area contributed by atoms with Gasteiger partial charge < -0.3 is 9.47 Å². The average Bonchev–Trinajstić information content (AvgIpc) is 2.86. The Bertz CT molecular complexity index is 385. The van der Waals surface area contributed by atoms with Crippen LogP contribution >= 0.6 is 11.3 Å². The molecule has 4 nitrogen and oxygen atoms in total. The lowest BCUT2D eigenvalue weighted by Gasteiger charge is -2.01. The van der Waals surface area contributed by atoms with Gasteiger partial charge in [0.25, 0.3) is 0 Å². The van der Waals surface area contributed by atoms with Crippen molar-refractivity contribution in [1.82, 2.24) is 0 Å². The zero-order valence-electron chi connectivity index (χ0n) is 8.84. The van der Waals surface area contributed by atoms with Crippen molar-refractivity contribution < 1.29 is 19.1 Å². The Morgan fingerprint density at radius 3 is 3.00 bits per heavy atom. The second kappa shape index (κ2) is 4.65. The van der Waals surface area contributed by atoms with E-state index in [0.717, 1.165) is 6.42 Å². The molecule has 5 heteroatoms. The molecule has 0 aromatic carbocycles. The molecule has 1 saturated carbocycles. The highest BCUT2D eigenvalue weighted by molar-refractivity contribution is 7.10. The Kier molecular flexibility index (Phi) is 3.24. The molecule has 0 amide bonds. The molecule has 0 radical (unpaired) electrons. The molecule has 1 aliphatic rings. The van der Waals surface area contributed by atoms with Gasteiger partial charge in [0.15, 0.2) is 0 Å². The molecule has 1 aromatic heterocycles. The predicted molar refractivity (Wildman–Crippen MR) is 58.3 cm³/mol. The molecule has 0 N–H and O–H groups in total. The molecule has 0 spiro atoms. The van der Waals surface area contributed by atoms with E-state index in [9.17, 15) is 9.59 Å².